The summed E-state index contributed by atoms with van der Waals surface area (Å²) in [6, 6.07) is 9.24. The van der Waals surface area contributed by atoms with Crippen molar-refractivity contribution in [2.75, 3.05) is 31.1 Å². The Balaban J connectivity index is 1.69. The van der Waals surface area contributed by atoms with Gasteiger partial charge in [0.05, 0.1) is 0 Å². The highest BCUT2D eigenvalue weighted by molar-refractivity contribution is 5.75. The van der Waals surface area contributed by atoms with Gasteiger partial charge in [0, 0.05) is 44.3 Å². The summed E-state index contributed by atoms with van der Waals surface area (Å²) in [6.07, 6.45) is 3.24. The Morgan fingerprint density at radius 1 is 1.13 bits per heavy atom. The molecule has 1 saturated heterocycles. The van der Waals surface area contributed by atoms with Gasteiger partial charge in [-0.25, -0.2) is 4.39 Å². The maximum Gasteiger partial charge on any atom is 0.325 e. The minimum absolute atomic E-state index is 0.255. The highest BCUT2D eigenvalue weighted by atomic mass is 19.1. The Bertz CT molecular complexity index is 655. The van der Waals surface area contributed by atoms with Gasteiger partial charge in [0.2, 0.25) is 0 Å². The topological polar surface area (TPSA) is 56.7 Å². The molecule has 1 aliphatic heterocycles. The molecule has 0 spiro atoms. The van der Waals surface area contributed by atoms with Gasteiger partial charge in [-0.05, 0) is 35.9 Å². The predicted octanol–water partition coefficient (Wildman–Crippen LogP) is 2.17. The van der Waals surface area contributed by atoms with Gasteiger partial charge in [-0.2, -0.15) is 0 Å². The quantitative estimate of drug-likeness (QED) is 0.937. The molecule has 0 radical (unpaired) electrons. The molecule has 23 heavy (non-hydrogen) atoms. The van der Waals surface area contributed by atoms with E-state index in [0.717, 1.165) is 5.69 Å². The fraction of sp³-hybridized carbons (Fsp3) is 0.294. The van der Waals surface area contributed by atoms with Crippen LogP contribution in [0.25, 0.3) is 0 Å². The highest BCUT2D eigenvalue weighted by Gasteiger charge is 2.30. The van der Waals surface area contributed by atoms with E-state index in [-0.39, 0.29) is 5.82 Å². The number of carboxylic acid groups (broad SMARTS) is 1. The molecule has 1 aromatic carbocycles. The van der Waals surface area contributed by atoms with Gasteiger partial charge >= 0.3 is 5.97 Å². The SMILES string of the molecule is O=C(O)[C@@H](c1cccnc1)N1CCN(c2ccc(F)cc2)CC1. The lowest BCUT2D eigenvalue weighted by atomic mass is 10.1. The van der Waals surface area contributed by atoms with Crippen molar-refractivity contribution in [2.24, 2.45) is 0 Å². The monoisotopic (exact) mass is 315 g/mol. The number of nitrogens with zero attached hydrogens (tertiary/aromatic N) is 3. The predicted molar refractivity (Wildman–Crippen MR) is 84.8 cm³/mol. The van der Waals surface area contributed by atoms with Crippen LogP contribution in [0.3, 0.4) is 0 Å². The number of anilines is 1. The maximum atomic E-state index is 13.0. The smallest absolute Gasteiger partial charge is 0.325 e. The van der Waals surface area contributed by atoms with Crippen molar-refractivity contribution < 1.29 is 14.3 Å². The van der Waals surface area contributed by atoms with E-state index >= 15 is 0 Å². The number of carbonyl (C=O) groups is 1. The number of hydrogen-bond donors (Lipinski definition) is 1. The van der Waals surface area contributed by atoms with Crippen LogP contribution in [0.15, 0.2) is 48.8 Å². The summed E-state index contributed by atoms with van der Waals surface area (Å²) in [4.78, 5) is 19.8. The molecule has 1 atom stereocenters. The Kier molecular flexibility index (Phi) is 4.52. The summed E-state index contributed by atoms with van der Waals surface area (Å²) >= 11 is 0. The first-order valence-corrected chi connectivity index (χ1v) is 7.52. The van der Waals surface area contributed by atoms with Crippen LogP contribution < -0.4 is 4.90 Å². The van der Waals surface area contributed by atoms with E-state index in [4.69, 9.17) is 0 Å². The zero-order valence-corrected chi connectivity index (χ0v) is 12.6. The third-order valence-electron chi connectivity index (χ3n) is 4.11. The molecule has 0 aliphatic carbocycles. The zero-order chi connectivity index (χ0) is 16.2. The van der Waals surface area contributed by atoms with Crippen LogP contribution in [0.1, 0.15) is 11.6 Å². The number of pyridine rings is 1. The van der Waals surface area contributed by atoms with E-state index in [1.807, 2.05) is 4.90 Å². The molecule has 5 nitrogen and oxygen atoms in total. The Labute approximate surface area is 134 Å². The van der Waals surface area contributed by atoms with Gasteiger partial charge in [0.1, 0.15) is 11.9 Å². The summed E-state index contributed by atoms with van der Waals surface area (Å²) in [5.74, 6) is -1.12. The van der Waals surface area contributed by atoms with Gasteiger partial charge in [-0.3, -0.25) is 14.7 Å². The Morgan fingerprint density at radius 2 is 1.83 bits per heavy atom. The molecule has 0 saturated carbocycles. The Hall–Kier alpha value is -2.47. The Morgan fingerprint density at radius 3 is 2.39 bits per heavy atom. The fourth-order valence-electron chi connectivity index (χ4n) is 2.94. The van der Waals surface area contributed by atoms with E-state index in [0.29, 0.717) is 31.7 Å². The molecule has 2 aromatic rings. The van der Waals surface area contributed by atoms with Crippen molar-refractivity contribution in [2.45, 2.75) is 6.04 Å². The van der Waals surface area contributed by atoms with E-state index < -0.39 is 12.0 Å². The minimum Gasteiger partial charge on any atom is -0.480 e. The average molecular weight is 315 g/mol. The molecule has 1 aliphatic rings. The van der Waals surface area contributed by atoms with E-state index in [9.17, 15) is 14.3 Å². The normalized spacial score (nSPS) is 17.0. The van der Waals surface area contributed by atoms with Crippen LogP contribution in [0.5, 0.6) is 0 Å². The number of benzene rings is 1. The van der Waals surface area contributed by atoms with Gasteiger partial charge in [-0.15, -0.1) is 0 Å². The minimum atomic E-state index is -0.867. The largest absolute Gasteiger partial charge is 0.480 e. The summed E-state index contributed by atoms with van der Waals surface area (Å²) in [5, 5.41) is 9.57. The maximum absolute atomic E-state index is 13.0. The molecular weight excluding hydrogens is 297 g/mol. The van der Waals surface area contributed by atoms with Gasteiger partial charge in [0.25, 0.3) is 0 Å². The van der Waals surface area contributed by atoms with Crippen molar-refractivity contribution in [3.8, 4) is 0 Å². The van der Waals surface area contributed by atoms with Crippen LogP contribution >= 0.6 is 0 Å². The summed E-state index contributed by atoms with van der Waals surface area (Å²) < 4.78 is 13.0. The number of hydrogen-bond acceptors (Lipinski definition) is 4. The van der Waals surface area contributed by atoms with Gasteiger partial charge < -0.3 is 10.0 Å². The molecule has 0 amide bonds. The first kappa shape index (κ1) is 15.4. The molecular formula is C17H18FN3O2. The number of aliphatic carboxylic acids is 1. The first-order valence-electron chi connectivity index (χ1n) is 7.52. The molecule has 6 heteroatoms. The van der Waals surface area contributed by atoms with Crippen molar-refractivity contribution in [1.29, 1.82) is 0 Å². The zero-order valence-electron chi connectivity index (χ0n) is 12.6. The van der Waals surface area contributed by atoms with Gasteiger partial charge in [0.15, 0.2) is 0 Å². The molecule has 1 N–H and O–H groups in total. The van der Waals surface area contributed by atoms with Crippen molar-refractivity contribution in [1.82, 2.24) is 9.88 Å². The molecule has 2 heterocycles. The molecule has 1 fully saturated rings. The molecule has 0 bridgehead atoms. The second kappa shape index (κ2) is 6.75. The summed E-state index contributed by atoms with van der Waals surface area (Å²) in [5.41, 5.74) is 1.65. The number of carboxylic acids is 1. The standard InChI is InChI=1S/C17H18FN3O2/c18-14-3-5-15(6-4-14)20-8-10-21(11-9-20)16(17(22)23)13-2-1-7-19-12-13/h1-7,12,16H,8-11H2,(H,22,23)/t16-/m1/s1. The third kappa shape index (κ3) is 3.48. The van der Waals surface area contributed by atoms with Crippen LogP contribution in [0.4, 0.5) is 10.1 Å². The molecule has 0 unspecified atom stereocenters. The lowest BCUT2D eigenvalue weighted by Crippen LogP contribution is -2.49. The lowest BCUT2D eigenvalue weighted by Gasteiger charge is -2.38. The number of rotatable bonds is 4. The fourth-order valence-corrected chi connectivity index (χ4v) is 2.94. The molecule has 1 aromatic heterocycles. The van der Waals surface area contributed by atoms with E-state index in [1.54, 1.807) is 36.7 Å². The highest BCUT2D eigenvalue weighted by Crippen LogP contribution is 2.24. The van der Waals surface area contributed by atoms with Crippen molar-refractivity contribution >= 4 is 11.7 Å². The lowest BCUT2D eigenvalue weighted by molar-refractivity contribution is -0.143. The van der Waals surface area contributed by atoms with Gasteiger partial charge in [-0.1, -0.05) is 6.07 Å². The van der Waals surface area contributed by atoms with Crippen molar-refractivity contribution in [3.63, 3.8) is 0 Å². The molecule has 3 rings (SSSR count). The first-order chi connectivity index (χ1) is 11.1. The van der Waals surface area contributed by atoms with Crippen molar-refractivity contribution in [3.05, 3.63) is 60.2 Å². The van der Waals surface area contributed by atoms with Crippen LogP contribution in [0, 0.1) is 5.82 Å². The third-order valence-corrected chi connectivity index (χ3v) is 4.11. The average Bonchev–Trinajstić information content (AvgIpc) is 2.57. The molecule has 120 valence electrons. The summed E-state index contributed by atoms with van der Waals surface area (Å²) in [6.45, 7) is 2.66. The summed E-state index contributed by atoms with van der Waals surface area (Å²) in [7, 11) is 0. The van der Waals surface area contributed by atoms with Crippen LogP contribution in [0.2, 0.25) is 0 Å². The van der Waals surface area contributed by atoms with E-state index in [2.05, 4.69) is 9.88 Å². The number of piperazine rings is 1. The second-order valence-corrected chi connectivity index (χ2v) is 5.53. The second-order valence-electron chi connectivity index (χ2n) is 5.53. The van der Waals surface area contributed by atoms with Crippen LogP contribution in [-0.4, -0.2) is 47.1 Å². The number of halogens is 1. The number of aromatic nitrogens is 1. The van der Waals surface area contributed by atoms with E-state index in [1.165, 1.54) is 12.1 Å². The van der Waals surface area contributed by atoms with Crippen LogP contribution in [-0.2, 0) is 4.79 Å².